The summed E-state index contributed by atoms with van der Waals surface area (Å²) in [6.45, 7) is 17.9. The average molecular weight is 635 g/mol. The van der Waals surface area contributed by atoms with Gasteiger partial charge in [-0.05, 0) is 95.0 Å². The van der Waals surface area contributed by atoms with Crippen LogP contribution in [0.15, 0.2) is 11.6 Å². The average Bonchev–Trinajstić information content (AvgIpc) is 3.29. The third-order valence-corrected chi connectivity index (χ3v) is 14.1. The highest BCUT2D eigenvalue weighted by Gasteiger charge is 2.78. The van der Waals surface area contributed by atoms with Crippen molar-refractivity contribution in [2.24, 2.45) is 34.5 Å². The highest BCUT2D eigenvalue weighted by atomic mass is 32.2. The van der Waals surface area contributed by atoms with Crippen LogP contribution in [0, 0.1) is 34.5 Å². The fourth-order valence-electron chi connectivity index (χ4n) is 10.6. The van der Waals surface area contributed by atoms with E-state index in [0.717, 1.165) is 38.5 Å². The Kier molecular flexibility index (Phi) is 7.99. The van der Waals surface area contributed by atoms with Gasteiger partial charge in [0, 0.05) is 32.1 Å². The van der Waals surface area contributed by atoms with Gasteiger partial charge in [-0.15, -0.1) is 11.8 Å². The molecule has 2 aliphatic heterocycles. The Hall–Kier alpha value is -0.713. The molecule has 43 heavy (non-hydrogen) atoms. The molecule has 6 rings (SSSR count). The summed E-state index contributed by atoms with van der Waals surface area (Å²) in [5.74, 6) is 1.05. The zero-order valence-corrected chi connectivity index (χ0v) is 29.7. The molecule has 2 heterocycles. The lowest BCUT2D eigenvalue weighted by Crippen LogP contribution is -2.68. The standard InChI is InChI=1S/C34H54O7SSi/c1-21-33(15-14-30(3,19-37-33)38-20-42-6)40-29-18-27-25-11-10-23-16-24(36)12-13-31(23,4)26(25)17-28(39-22(2)35)32(27,5)34(21,29)41-43(7,8)9/h18,21,23,25-26,28-29H,10-17,19-20H2,1-9H3/t21-,23+,25-,26+,28-,29+,30+,31+,32-,33-,34-/m1/s1. The Bertz CT molecular complexity index is 1170. The van der Waals surface area contributed by atoms with Gasteiger partial charge in [-0.1, -0.05) is 25.5 Å². The summed E-state index contributed by atoms with van der Waals surface area (Å²) in [5.41, 5.74) is -0.197. The number of hydrogen-bond acceptors (Lipinski definition) is 8. The highest BCUT2D eigenvalue weighted by Crippen LogP contribution is 2.72. The van der Waals surface area contributed by atoms with Crippen molar-refractivity contribution in [3.63, 3.8) is 0 Å². The Morgan fingerprint density at radius 2 is 1.88 bits per heavy atom. The van der Waals surface area contributed by atoms with E-state index in [9.17, 15) is 9.59 Å². The second-order valence-corrected chi connectivity index (χ2v) is 21.5. The molecular formula is C34H54O7SSi. The molecule has 0 aromatic heterocycles. The van der Waals surface area contributed by atoms with E-state index >= 15 is 0 Å². The van der Waals surface area contributed by atoms with Crippen LogP contribution in [0.2, 0.25) is 19.6 Å². The van der Waals surface area contributed by atoms with Crippen molar-refractivity contribution in [3.8, 4) is 0 Å². The molecule has 0 amide bonds. The second-order valence-electron chi connectivity index (χ2n) is 16.3. The quantitative estimate of drug-likeness (QED) is 0.135. The van der Waals surface area contributed by atoms with Crippen molar-refractivity contribution >= 4 is 31.8 Å². The number of esters is 1. The highest BCUT2D eigenvalue weighted by molar-refractivity contribution is 7.98. The molecule has 0 N–H and O–H groups in total. The number of fused-ring (bicyclic) bond motifs is 7. The number of carbonyl (C=O) groups is 2. The SMILES string of the molecule is CSCO[C@@]1(C)CC[C@@]2(OC1)O[C@H]1C=C3[C@@H]4CC[C@H]5CC(=O)CC[C@]5(C)[C@H]4C[C@@H](OC(C)=O)[C@]3(C)[C@@]1(O[Si](C)(C)C)[C@@H]2C. The molecule has 0 aromatic rings. The molecular weight excluding hydrogens is 581 g/mol. The summed E-state index contributed by atoms with van der Waals surface area (Å²) in [6, 6.07) is 0. The van der Waals surface area contributed by atoms with Gasteiger partial charge < -0.3 is 23.4 Å². The Labute approximate surface area is 264 Å². The van der Waals surface area contributed by atoms with Crippen molar-refractivity contribution in [1.82, 2.24) is 0 Å². The monoisotopic (exact) mass is 634 g/mol. The minimum Gasteiger partial charge on any atom is -0.462 e. The van der Waals surface area contributed by atoms with Gasteiger partial charge >= 0.3 is 5.97 Å². The Morgan fingerprint density at radius 3 is 2.51 bits per heavy atom. The number of hydrogen-bond donors (Lipinski definition) is 0. The lowest BCUT2D eigenvalue weighted by molar-refractivity contribution is -0.293. The minimum atomic E-state index is -2.15. The van der Waals surface area contributed by atoms with Gasteiger partial charge in [0.2, 0.25) is 0 Å². The first kappa shape index (κ1) is 32.2. The largest absolute Gasteiger partial charge is 0.462 e. The maximum absolute atomic E-state index is 12.8. The van der Waals surface area contributed by atoms with Crippen LogP contribution < -0.4 is 0 Å². The molecule has 4 aliphatic carbocycles. The van der Waals surface area contributed by atoms with E-state index < -0.39 is 25.1 Å². The molecule has 5 fully saturated rings. The van der Waals surface area contributed by atoms with Gasteiger partial charge in [-0.2, -0.15) is 0 Å². The second kappa shape index (κ2) is 10.7. The van der Waals surface area contributed by atoms with Crippen LogP contribution in [-0.4, -0.2) is 68.1 Å². The summed E-state index contributed by atoms with van der Waals surface area (Å²) >= 11 is 1.68. The van der Waals surface area contributed by atoms with E-state index in [1.807, 2.05) is 0 Å². The molecule has 3 saturated carbocycles. The molecule has 2 saturated heterocycles. The van der Waals surface area contributed by atoms with E-state index in [2.05, 4.69) is 59.7 Å². The van der Waals surface area contributed by atoms with Crippen molar-refractivity contribution in [1.29, 1.82) is 0 Å². The smallest absolute Gasteiger partial charge is 0.302 e. The van der Waals surface area contributed by atoms with Crippen LogP contribution in [0.5, 0.6) is 0 Å². The van der Waals surface area contributed by atoms with E-state index in [1.165, 1.54) is 12.5 Å². The van der Waals surface area contributed by atoms with Crippen LogP contribution >= 0.6 is 11.8 Å². The molecule has 0 aromatic carbocycles. The van der Waals surface area contributed by atoms with Crippen molar-refractivity contribution in [2.45, 2.75) is 135 Å². The van der Waals surface area contributed by atoms with Crippen LogP contribution in [0.3, 0.4) is 0 Å². The Balaban J connectivity index is 1.43. The summed E-state index contributed by atoms with van der Waals surface area (Å²) in [7, 11) is -2.15. The molecule has 6 aliphatic rings. The molecule has 242 valence electrons. The predicted octanol–water partition coefficient (Wildman–Crippen LogP) is 6.90. The number of ether oxygens (including phenoxy) is 4. The number of thioether (sulfide) groups is 1. The topological polar surface area (TPSA) is 80.3 Å². The van der Waals surface area contributed by atoms with E-state index in [0.29, 0.717) is 48.9 Å². The number of ketones is 1. The summed E-state index contributed by atoms with van der Waals surface area (Å²) < 4.78 is 34.1. The minimum absolute atomic E-state index is 0.0588. The molecule has 0 unspecified atom stereocenters. The molecule has 7 nitrogen and oxygen atoms in total. The van der Waals surface area contributed by atoms with E-state index in [1.54, 1.807) is 11.8 Å². The zero-order chi connectivity index (χ0) is 31.2. The maximum Gasteiger partial charge on any atom is 0.302 e. The lowest BCUT2D eigenvalue weighted by Gasteiger charge is -2.63. The molecule has 0 radical (unpaired) electrons. The van der Waals surface area contributed by atoms with Crippen LogP contribution in [0.25, 0.3) is 0 Å². The first-order valence-electron chi connectivity index (χ1n) is 16.6. The summed E-state index contributed by atoms with van der Waals surface area (Å²) in [6.07, 6.45) is 10.6. The van der Waals surface area contributed by atoms with E-state index in [-0.39, 0.29) is 35.1 Å². The van der Waals surface area contributed by atoms with E-state index in [4.69, 9.17) is 23.4 Å². The van der Waals surface area contributed by atoms with Gasteiger partial charge in [-0.25, -0.2) is 0 Å². The van der Waals surface area contributed by atoms with Crippen LogP contribution in [0.4, 0.5) is 0 Å². The number of rotatable bonds is 6. The number of Topliss-reactive ketones (excluding diaryl/α,β-unsaturated/α-hetero) is 1. The van der Waals surface area contributed by atoms with Gasteiger partial charge in [0.15, 0.2) is 14.1 Å². The Morgan fingerprint density at radius 1 is 1.14 bits per heavy atom. The summed E-state index contributed by atoms with van der Waals surface area (Å²) in [5, 5.41) is 0. The van der Waals surface area contributed by atoms with Crippen molar-refractivity contribution in [3.05, 3.63) is 11.6 Å². The number of carbonyl (C=O) groups excluding carboxylic acids is 2. The molecule has 9 heteroatoms. The van der Waals surface area contributed by atoms with Crippen molar-refractivity contribution < 1.29 is 33.0 Å². The normalized spacial score (nSPS) is 49.1. The summed E-state index contributed by atoms with van der Waals surface area (Å²) in [4.78, 5) is 25.4. The van der Waals surface area contributed by atoms with Crippen LogP contribution in [0.1, 0.15) is 86.0 Å². The molecule has 0 bridgehead atoms. The first-order valence-corrected chi connectivity index (χ1v) is 21.4. The lowest BCUT2D eigenvalue weighted by atomic mass is 9.44. The van der Waals surface area contributed by atoms with Crippen molar-refractivity contribution in [2.75, 3.05) is 18.8 Å². The van der Waals surface area contributed by atoms with Gasteiger partial charge in [-0.3, -0.25) is 9.59 Å². The fraction of sp³-hybridized carbons (Fsp3) is 0.882. The van der Waals surface area contributed by atoms with Crippen LogP contribution in [-0.2, 0) is 33.0 Å². The molecule has 11 atom stereocenters. The third kappa shape index (κ3) is 4.79. The molecule has 1 spiro atoms. The van der Waals surface area contributed by atoms with Gasteiger partial charge in [0.25, 0.3) is 0 Å². The fourth-order valence-corrected chi connectivity index (χ4v) is 12.5. The van der Waals surface area contributed by atoms with Gasteiger partial charge in [0.1, 0.15) is 23.6 Å². The maximum atomic E-state index is 12.8. The van der Waals surface area contributed by atoms with Gasteiger partial charge in [0.05, 0.1) is 23.6 Å². The predicted molar refractivity (Wildman–Crippen MR) is 170 cm³/mol. The zero-order valence-electron chi connectivity index (χ0n) is 27.9. The first-order chi connectivity index (χ1) is 20.0. The third-order valence-electron chi connectivity index (χ3n) is 12.7.